The fourth-order valence-corrected chi connectivity index (χ4v) is 2.42. The average molecular weight is 396 g/mol. The fraction of sp³-hybridized carbons (Fsp3) is 0.333. The highest BCUT2D eigenvalue weighted by Crippen LogP contribution is 2.21. The number of hydrogen-bond donors (Lipinski definition) is 0. The molecule has 0 aliphatic heterocycles. The van der Waals surface area contributed by atoms with E-state index in [9.17, 15) is 4.79 Å². The first-order valence-electron chi connectivity index (χ1n) is 6.81. The molecule has 0 fully saturated rings. The molecule has 24 heavy (non-hydrogen) atoms. The molecule has 12 heteroatoms. The third-order valence-corrected chi connectivity index (χ3v) is 3.54. The molecule has 0 aliphatic carbocycles. The van der Waals surface area contributed by atoms with E-state index in [4.69, 9.17) is 19.1 Å². The molecule has 0 amide bonds. The highest BCUT2D eigenvalue weighted by atomic mass is 79.9. The van der Waals surface area contributed by atoms with Gasteiger partial charge in [0.15, 0.2) is 5.69 Å². The van der Waals surface area contributed by atoms with Crippen molar-refractivity contribution in [2.45, 2.75) is 19.4 Å². The van der Waals surface area contributed by atoms with E-state index in [1.807, 2.05) is 0 Å². The van der Waals surface area contributed by atoms with Crippen molar-refractivity contribution in [3.05, 3.63) is 49.2 Å². The number of aryl methyl sites for hydroxylation is 1. The lowest BCUT2D eigenvalue weighted by molar-refractivity contribution is 0.303. The Morgan fingerprint density at radius 1 is 1.38 bits per heavy atom. The Kier molecular flexibility index (Phi) is 4.77. The van der Waals surface area contributed by atoms with Gasteiger partial charge >= 0.3 is 5.76 Å². The topological polar surface area (TPSA) is 149 Å². The molecule has 0 saturated carbocycles. The van der Waals surface area contributed by atoms with Crippen LogP contribution in [0.15, 0.2) is 40.3 Å². The van der Waals surface area contributed by atoms with Crippen molar-refractivity contribution >= 4 is 15.9 Å². The summed E-state index contributed by atoms with van der Waals surface area (Å²) in [7, 11) is 0. The molecule has 0 spiro atoms. The third kappa shape index (κ3) is 3.39. The van der Waals surface area contributed by atoms with Crippen LogP contribution in [-0.2, 0) is 13.0 Å². The van der Waals surface area contributed by atoms with Gasteiger partial charge in [-0.2, -0.15) is 0 Å². The number of nitrogens with zero attached hydrogens (tertiary/aromatic N) is 7. The lowest BCUT2D eigenvalue weighted by atomic mass is 10.2. The van der Waals surface area contributed by atoms with Crippen molar-refractivity contribution in [1.82, 2.24) is 20.0 Å². The highest BCUT2D eigenvalue weighted by molar-refractivity contribution is 9.10. The standard InChI is InChI=1S/C12H10BrN7O4/c13-7-4-8(22-6-7)5-20-11(18-23-12(20)21)10-9(16-24-17-10)2-1-3-15-19-14/h4,6H,1-3,5H2. The summed E-state index contributed by atoms with van der Waals surface area (Å²) in [6.07, 6.45) is 2.51. The fourth-order valence-electron chi connectivity index (χ4n) is 2.07. The lowest BCUT2D eigenvalue weighted by Gasteiger charge is -2.00. The second-order valence-corrected chi connectivity index (χ2v) is 5.62. The van der Waals surface area contributed by atoms with Gasteiger partial charge in [-0.15, -0.1) is 0 Å². The maximum atomic E-state index is 11.9. The first-order chi connectivity index (χ1) is 11.7. The maximum Gasteiger partial charge on any atom is 0.442 e. The zero-order chi connectivity index (χ0) is 16.9. The summed E-state index contributed by atoms with van der Waals surface area (Å²) in [6, 6.07) is 1.73. The van der Waals surface area contributed by atoms with E-state index < -0.39 is 5.76 Å². The Hall–Kier alpha value is -2.85. The molecule has 0 atom stereocenters. The van der Waals surface area contributed by atoms with Gasteiger partial charge in [0.2, 0.25) is 5.82 Å². The molecule has 0 N–H and O–H groups in total. The van der Waals surface area contributed by atoms with E-state index in [1.54, 1.807) is 6.07 Å². The largest absolute Gasteiger partial charge is 0.466 e. The summed E-state index contributed by atoms with van der Waals surface area (Å²) >= 11 is 3.27. The molecule has 0 unspecified atom stereocenters. The van der Waals surface area contributed by atoms with Gasteiger partial charge in [0.1, 0.15) is 17.7 Å². The van der Waals surface area contributed by atoms with E-state index in [-0.39, 0.29) is 12.4 Å². The van der Waals surface area contributed by atoms with Crippen LogP contribution in [0.4, 0.5) is 0 Å². The molecule has 3 rings (SSSR count). The zero-order valence-electron chi connectivity index (χ0n) is 12.1. The monoisotopic (exact) mass is 395 g/mol. The minimum absolute atomic E-state index is 0.119. The molecule has 0 radical (unpaired) electrons. The molecule has 3 aromatic rings. The van der Waals surface area contributed by atoms with Gasteiger partial charge in [-0.25, -0.2) is 14.0 Å². The third-order valence-electron chi connectivity index (χ3n) is 3.13. The van der Waals surface area contributed by atoms with Gasteiger partial charge in [0.05, 0.1) is 11.0 Å². The van der Waals surface area contributed by atoms with E-state index in [0.717, 1.165) is 4.47 Å². The number of azide groups is 1. The summed E-state index contributed by atoms with van der Waals surface area (Å²) in [5.74, 6) is 0.0721. The van der Waals surface area contributed by atoms with Crippen molar-refractivity contribution in [3.8, 4) is 11.5 Å². The Morgan fingerprint density at radius 3 is 3.00 bits per heavy atom. The number of hydrogen-bond acceptors (Lipinski definition) is 8. The minimum Gasteiger partial charge on any atom is -0.466 e. The molecule has 124 valence electrons. The number of rotatable bonds is 7. The molecule has 0 bridgehead atoms. The molecular weight excluding hydrogens is 386 g/mol. The van der Waals surface area contributed by atoms with Crippen molar-refractivity contribution in [3.63, 3.8) is 0 Å². The molecule has 0 saturated heterocycles. The van der Waals surface area contributed by atoms with Crippen LogP contribution in [0.1, 0.15) is 17.9 Å². The van der Waals surface area contributed by atoms with E-state index >= 15 is 0 Å². The van der Waals surface area contributed by atoms with Gasteiger partial charge in [-0.3, -0.25) is 4.52 Å². The molecule has 3 heterocycles. The summed E-state index contributed by atoms with van der Waals surface area (Å²) in [4.78, 5) is 14.6. The summed E-state index contributed by atoms with van der Waals surface area (Å²) in [5, 5.41) is 14.8. The number of halogens is 1. The van der Waals surface area contributed by atoms with Crippen LogP contribution in [0.3, 0.4) is 0 Å². The first-order valence-corrected chi connectivity index (χ1v) is 7.60. The quantitative estimate of drug-likeness (QED) is 0.258. The molecule has 3 aromatic heterocycles. The Morgan fingerprint density at radius 2 is 2.25 bits per heavy atom. The average Bonchev–Trinajstić information content (AvgIpc) is 3.27. The second-order valence-electron chi connectivity index (χ2n) is 4.71. The van der Waals surface area contributed by atoms with Crippen molar-refractivity contribution < 1.29 is 13.6 Å². The zero-order valence-corrected chi connectivity index (χ0v) is 13.7. The minimum atomic E-state index is -0.652. The van der Waals surface area contributed by atoms with Crippen molar-refractivity contribution in [2.75, 3.05) is 6.54 Å². The Labute approximate surface area is 141 Å². The molecular formula is C12H10BrN7O4. The van der Waals surface area contributed by atoms with Crippen LogP contribution in [0.2, 0.25) is 0 Å². The molecule has 0 aliphatic rings. The van der Waals surface area contributed by atoms with Crippen molar-refractivity contribution in [2.24, 2.45) is 5.11 Å². The summed E-state index contributed by atoms with van der Waals surface area (Å²) < 4.78 is 16.8. The normalized spacial score (nSPS) is 10.7. The second kappa shape index (κ2) is 7.15. The van der Waals surface area contributed by atoms with E-state index in [2.05, 4.69) is 41.4 Å². The summed E-state index contributed by atoms with van der Waals surface area (Å²) in [6.45, 7) is 0.434. The number of aromatic nitrogens is 4. The first kappa shape index (κ1) is 16.0. The van der Waals surface area contributed by atoms with Crippen LogP contribution in [0.25, 0.3) is 22.0 Å². The Balaban J connectivity index is 1.86. The van der Waals surface area contributed by atoms with E-state index in [0.29, 0.717) is 36.5 Å². The van der Waals surface area contributed by atoms with Crippen LogP contribution in [0, 0.1) is 0 Å². The predicted molar refractivity (Wildman–Crippen MR) is 81.9 cm³/mol. The van der Waals surface area contributed by atoms with Crippen LogP contribution >= 0.6 is 15.9 Å². The predicted octanol–water partition coefficient (Wildman–Crippen LogP) is 2.53. The van der Waals surface area contributed by atoms with Gasteiger partial charge in [0.25, 0.3) is 0 Å². The van der Waals surface area contributed by atoms with Gasteiger partial charge in [0, 0.05) is 11.5 Å². The maximum absolute atomic E-state index is 11.9. The van der Waals surface area contributed by atoms with Gasteiger partial charge in [-0.1, -0.05) is 15.4 Å². The van der Waals surface area contributed by atoms with E-state index in [1.165, 1.54) is 10.8 Å². The highest BCUT2D eigenvalue weighted by Gasteiger charge is 2.22. The smallest absolute Gasteiger partial charge is 0.442 e. The van der Waals surface area contributed by atoms with Crippen molar-refractivity contribution in [1.29, 1.82) is 0 Å². The van der Waals surface area contributed by atoms with Gasteiger partial charge < -0.3 is 4.42 Å². The SMILES string of the molecule is [N-]=[N+]=NCCCc1nonc1-c1noc(=O)n1Cc1cc(Br)co1. The van der Waals surface area contributed by atoms with Crippen LogP contribution in [-0.4, -0.2) is 26.6 Å². The summed E-state index contributed by atoms with van der Waals surface area (Å²) in [5.41, 5.74) is 9.07. The molecule has 0 aromatic carbocycles. The number of furan rings is 1. The van der Waals surface area contributed by atoms with Crippen LogP contribution < -0.4 is 5.76 Å². The van der Waals surface area contributed by atoms with Gasteiger partial charge in [-0.05, 0) is 45.5 Å². The molecule has 11 nitrogen and oxygen atoms in total. The Bertz CT molecular complexity index is 933. The lowest BCUT2D eigenvalue weighted by Crippen LogP contribution is -2.16. The van der Waals surface area contributed by atoms with Crippen LogP contribution in [0.5, 0.6) is 0 Å².